The topological polar surface area (TPSA) is 43.1 Å². The molecule has 1 aromatic carbocycles. The molecule has 15 heavy (non-hydrogen) atoms. The second kappa shape index (κ2) is 4.46. The third-order valence-electron chi connectivity index (χ3n) is 1.77. The van der Waals surface area contributed by atoms with Gasteiger partial charge in [0.15, 0.2) is 0 Å². The van der Waals surface area contributed by atoms with Crippen LogP contribution in [-0.2, 0) is 0 Å². The number of rotatable bonds is 3. The van der Waals surface area contributed by atoms with Crippen molar-refractivity contribution < 1.29 is 4.92 Å². The van der Waals surface area contributed by atoms with E-state index in [0.29, 0.717) is 4.90 Å². The first-order valence-electron chi connectivity index (χ1n) is 4.21. The molecule has 0 saturated carbocycles. The van der Waals surface area contributed by atoms with Crippen LogP contribution in [0.25, 0.3) is 0 Å². The average molecular weight is 237 g/mol. The Morgan fingerprint density at radius 1 is 1.20 bits per heavy atom. The Labute approximate surface area is 94.9 Å². The van der Waals surface area contributed by atoms with Crippen molar-refractivity contribution in [1.82, 2.24) is 0 Å². The maximum absolute atomic E-state index is 10.7. The molecule has 3 nitrogen and oxygen atoms in total. The Balaban J connectivity index is 2.25. The molecule has 0 unspecified atom stereocenters. The standard InChI is InChI=1S/C10H7NO2S2/c12-11(13)9-6-14-7-10(9)15-8-4-2-1-3-5-8/h1-7H. The molecule has 0 aliphatic rings. The highest BCUT2D eigenvalue weighted by molar-refractivity contribution is 7.99. The van der Waals surface area contributed by atoms with Crippen molar-refractivity contribution in [2.45, 2.75) is 9.79 Å². The molecular formula is C10H7NO2S2. The lowest BCUT2D eigenvalue weighted by atomic mass is 10.4. The Morgan fingerprint density at radius 2 is 1.93 bits per heavy atom. The quantitative estimate of drug-likeness (QED) is 0.602. The minimum Gasteiger partial charge on any atom is -0.258 e. The van der Waals surface area contributed by atoms with Crippen molar-refractivity contribution in [3.05, 3.63) is 51.2 Å². The fourth-order valence-corrected chi connectivity index (χ4v) is 2.98. The molecule has 0 spiro atoms. The van der Waals surface area contributed by atoms with Crippen LogP contribution in [0.1, 0.15) is 0 Å². The van der Waals surface area contributed by atoms with Crippen LogP contribution in [0, 0.1) is 10.1 Å². The lowest BCUT2D eigenvalue weighted by molar-refractivity contribution is -0.387. The highest BCUT2D eigenvalue weighted by atomic mass is 32.2. The third-order valence-corrected chi connectivity index (χ3v) is 3.71. The van der Waals surface area contributed by atoms with Crippen LogP contribution in [0.2, 0.25) is 0 Å². The summed E-state index contributed by atoms with van der Waals surface area (Å²) in [6.07, 6.45) is 0. The summed E-state index contributed by atoms with van der Waals surface area (Å²) in [6.45, 7) is 0. The van der Waals surface area contributed by atoms with Crippen molar-refractivity contribution in [2.24, 2.45) is 0 Å². The van der Waals surface area contributed by atoms with Gasteiger partial charge in [-0.25, -0.2) is 0 Å². The van der Waals surface area contributed by atoms with E-state index >= 15 is 0 Å². The number of thiophene rings is 1. The molecule has 1 aromatic heterocycles. The van der Waals surface area contributed by atoms with Crippen molar-refractivity contribution in [3.8, 4) is 0 Å². The normalized spacial score (nSPS) is 10.1. The fourth-order valence-electron chi connectivity index (χ4n) is 1.10. The van der Waals surface area contributed by atoms with Gasteiger partial charge in [-0.1, -0.05) is 30.0 Å². The summed E-state index contributed by atoms with van der Waals surface area (Å²) < 4.78 is 0. The molecule has 1 heterocycles. The van der Waals surface area contributed by atoms with E-state index < -0.39 is 0 Å². The van der Waals surface area contributed by atoms with Gasteiger partial charge in [0.25, 0.3) is 5.69 Å². The number of nitrogens with zero attached hydrogens (tertiary/aromatic N) is 1. The minimum absolute atomic E-state index is 0.189. The van der Waals surface area contributed by atoms with Crippen molar-refractivity contribution in [2.75, 3.05) is 0 Å². The number of benzene rings is 1. The SMILES string of the molecule is O=[N+]([O-])c1cscc1Sc1ccccc1. The van der Waals surface area contributed by atoms with E-state index in [0.717, 1.165) is 4.90 Å². The maximum Gasteiger partial charge on any atom is 0.293 e. The Hall–Kier alpha value is -1.33. The van der Waals surface area contributed by atoms with E-state index in [1.165, 1.54) is 23.1 Å². The second-order valence-electron chi connectivity index (χ2n) is 2.79. The van der Waals surface area contributed by atoms with E-state index in [1.807, 2.05) is 30.3 Å². The van der Waals surface area contributed by atoms with Crippen LogP contribution < -0.4 is 0 Å². The van der Waals surface area contributed by atoms with Crippen LogP contribution in [0.15, 0.2) is 50.9 Å². The predicted octanol–water partition coefficient (Wildman–Crippen LogP) is 3.81. The Kier molecular flexibility index (Phi) is 3.03. The van der Waals surface area contributed by atoms with Crippen LogP contribution in [0.4, 0.5) is 5.69 Å². The first-order valence-corrected chi connectivity index (χ1v) is 5.97. The molecule has 2 rings (SSSR count). The van der Waals surface area contributed by atoms with E-state index in [4.69, 9.17) is 0 Å². The lowest BCUT2D eigenvalue weighted by Gasteiger charge is -1.97. The average Bonchev–Trinajstić information content (AvgIpc) is 2.67. The lowest BCUT2D eigenvalue weighted by Crippen LogP contribution is -1.86. The molecule has 0 aliphatic heterocycles. The summed E-state index contributed by atoms with van der Waals surface area (Å²) in [6, 6.07) is 9.63. The van der Waals surface area contributed by atoms with Gasteiger partial charge in [-0.05, 0) is 12.1 Å². The monoisotopic (exact) mass is 237 g/mol. The molecule has 5 heteroatoms. The van der Waals surface area contributed by atoms with Crippen LogP contribution >= 0.6 is 23.1 Å². The van der Waals surface area contributed by atoms with E-state index in [-0.39, 0.29) is 10.6 Å². The van der Waals surface area contributed by atoms with Crippen molar-refractivity contribution in [3.63, 3.8) is 0 Å². The first kappa shape index (κ1) is 10.2. The van der Waals surface area contributed by atoms with Gasteiger partial charge >= 0.3 is 0 Å². The smallest absolute Gasteiger partial charge is 0.258 e. The van der Waals surface area contributed by atoms with E-state index in [9.17, 15) is 10.1 Å². The van der Waals surface area contributed by atoms with E-state index in [1.54, 1.807) is 10.8 Å². The predicted molar refractivity (Wildman–Crippen MR) is 61.5 cm³/mol. The van der Waals surface area contributed by atoms with Crippen molar-refractivity contribution >= 4 is 28.8 Å². The number of nitro groups is 1. The summed E-state index contributed by atoms with van der Waals surface area (Å²) >= 11 is 2.77. The van der Waals surface area contributed by atoms with E-state index in [2.05, 4.69) is 0 Å². The summed E-state index contributed by atoms with van der Waals surface area (Å²) in [7, 11) is 0. The molecule has 0 radical (unpaired) electrons. The number of hydrogen-bond donors (Lipinski definition) is 0. The molecule has 0 aliphatic carbocycles. The van der Waals surface area contributed by atoms with Crippen molar-refractivity contribution in [1.29, 1.82) is 0 Å². The molecule has 0 amide bonds. The zero-order valence-electron chi connectivity index (χ0n) is 7.62. The molecular weight excluding hydrogens is 230 g/mol. The fraction of sp³-hybridized carbons (Fsp3) is 0. The van der Waals surface area contributed by atoms with Gasteiger partial charge < -0.3 is 0 Å². The zero-order chi connectivity index (χ0) is 10.7. The second-order valence-corrected chi connectivity index (χ2v) is 4.65. The van der Waals surface area contributed by atoms with Crippen LogP contribution in [0.3, 0.4) is 0 Å². The van der Waals surface area contributed by atoms with Gasteiger partial charge in [-0.2, -0.15) is 0 Å². The third kappa shape index (κ3) is 2.37. The van der Waals surface area contributed by atoms with Crippen LogP contribution in [0.5, 0.6) is 0 Å². The van der Waals surface area contributed by atoms with Gasteiger partial charge in [0.05, 0.1) is 10.3 Å². The first-order chi connectivity index (χ1) is 7.27. The summed E-state index contributed by atoms with van der Waals surface area (Å²) in [5.41, 5.74) is 0.189. The summed E-state index contributed by atoms with van der Waals surface area (Å²) in [5, 5.41) is 14.0. The van der Waals surface area contributed by atoms with Gasteiger partial charge in [0, 0.05) is 10.3 Å². The van der Waals surface area contributed by atoms with Crippen LogP contribution in [-0.4, -0.2) is 4.92 Å². The zero-order valence-corrected chi connectivity index (χ0v) is 9.25. The van der Waals surface area contributed by atoms with Gasteiger partial charge in [0.1, 0.15) is 4.90 Å². The highest BCUT2D eigenvalue weighted by Crippen LogP contribution is 2.36. The molecule has 2 aromatic rings. The van der Waals surface area contributed by atoms with Gasteiger partial charge in [0.2, 0.25) is 0 Å². The highest BCUT2D eigenvalue weighted by Gasteiger charge is 2.15. The molecule has 0 atom stereocenters. The maximum atomic E-state index is 10.7. The molecule has 76 valence electrons. The molecule has 0 bridgehead atoms. The molecule has 0 fully saturated rings. The molecule has 0 saturated heterocycles. The summed E-state index contributed by atoms with van der Waals surface area (Å²) in [5.74, 6) is 0. The largest absolute Gasteiger partial charge is 0.293 e. The molecule has 0 N–H and O–H groups in total. The number of hydrogen-bond acceptors (Lipinski definition) is 4. The Bertz CT molecular complexity index is 467. The Morgan fingerprint density at radius 3 is 2.60 bits per heavy atom. The summed E-state index contributed by atoms with van der Waals surface area (Å²) in [4.78, 5) is 12.0. The van der Waals surface area contributed by atoms with Gasteiger partial charge in [-0.15, -0.1) is 11.3 Å². The van der Waals surface area contributed by atoms with Gasteiger partial charge in [-0.3, -0.25) is 10.1 Å². The minimum atomic E-state index is -0.345.